The Labute approximate surface area is 121 Å². The Bertz CT molecular complexity index is 649. The molecule has 0 radical (unpaired) electrons. The van der Waals surface area contributed by atoms with E-state index in [1.165, 1.54) is 0 Å². The molecule has 0 saturated carbocycles. The fraction of sp³-hybridized carbons (Fsp3) is 0.500. The first-order valence-electron chi connectivity index (χ1n) is 6.41. The molecule has 21 heavy (non-hydrogen) atoms. The molecule has 1 aromatic rings. The third-order valence-corrected chi connectivity index (χ3v) is 5.41. The molecule has 1 N–H and O–H groups in total. The molecule has 7 nitrogen and oxygen atoms in total. The lowest BCUT2D eigenvalue weighted by atomic mass is 10.1. The minimum atomic E-state index is -4.10. The molecular weight excluding hydrogens is 303 g/mol. The maximum Gasteiger partial charge on any atom is 0.270 e. The van der Waals surface area contributed by atoms with Crippen LogP contribution >= 0.6 is 0 Å². The van der Waals surface area contributed by atoms with Crippen molar-refractivity contribution in [3.63, 3.8) is 0 Å². The van der Waals surface area contributed by atoms with Gasteiger partial charge in [0.1, 0.15) is 10.7 Å². The molecule has 0 bridgehead atoms. The molecule has 0 aromatic heterocycles. The van der Waals surface area contributed by atoms with Crippen LogP contribution < -0.4 is 0 Å². The minimum Gasteiger partial charge on any atom is -0.396 e. The van der Waals surface area contributed by atoms with E-state index < -0.39 is 31.3 Å². The molecule has 116 valence electrons. The minimum absolute atomic E-state index is 0.0199. The number of non-ortho nitro benzene ring substituents is 1. The zero-order valence-corrected chi connectivity index (χ0v) is 11.9. The number of sulfonamides is 1. The van der Waals surface area contributed by atoms with Crippen LogP contribution in [0.2, 0.25) is 0 Å². The second kappa shape index (κ2) is 6.04. The smallest absolute Gasteiger partial charge is 0.270 e. The lowest BCUT2D eigenvalue weighted by molar-refractivity contribution is -0.385. The topological polar surface area (TPSA) is 101 Å². The molecule has 2 rings (SSSR count). The Morgan fingerprint density at radius 1 is 1.48 bits per heavy atom. The maximum atomic E-state index is 13.8. The molecule has 0 spiro atoms. The van der Waals surface area contributed by atoms with Crippen LogP contribution in [0.1, 0.15) is 12.8 Å². The van der Waals surface area contributed by atoms with E-state index in [4.69, 9.17) is 5.11 Å². The van der Waals surface area contributed by atoms with Gasteiger partial charge >= 0.3 is 0 Å². The normalized spacial score (nSPS) is 19.8. The molecule has 1 fully saturated rings. The molecule has 9 heteroatoms. The van der Waals surface area contributed by atoms with Crippen molar-refractivity contribution in [1.82, 2.24) is 4.31 Å². The van der Waals surface area contributed by atoms with Crippen LogP contribution in [0.25, 0.3) is 0 Å². The average Bonchev–Trinajstić information content (AvgIpc) is 2.88. The second-order valence-electron chi connectivity index (χ2n) is 4.90. The summed E-state index contributed by atoms with van der Waals surface area (Å²) in [4.78, 5) is 9.25. The van der Waals surface area contributed by atoms with E-state index in [1.807, 2.05) is 0 Å². The van der Waals surface area contributed by atoms with E-state index in [0.29, 0.717) is 12.8 Å². The summed E-state index contributed by atoms with van der Waals surface area (Å²) < 4.78 is 39.6. The highest BCUT2D eigenvalue weighted by molar-refractivity contribution is 7.89. The lowest BCUT2D eigenvalue weighted by Gasteiger charge is -2.16. The summed E-state index contributed by atoms with van der Waals surface area (Å²) in [5.41, 5.74) is -0.471. The van der Waals surface area contributed by atoms with Crippen molar-refractivity contribution in [3.05, 3.63) is 34.1 Å². The summed E-state index contributed by atoms with van der Waals surface area (Å²) in [6.07, 6.45) is 1.06. The summed E-state index contributed by atoms with van der Waals surface area (Å²) in [5, 5.41) is 19.6. The van der Waals surface area contributed by atoms with Crippen LogP contribution in [0.15, 0.2) is 23.1 Å². The Kier molecular flexibility index (Phi) is 4.55. The third-order valence-electron chi connectivity index (χ3n) is 3.53. The van der Waals surface area contributed by atoms with Gasteiger partial charge in [-0.05, 0) is 24.8 Å². The first-order valence-corrected chi connectivity index (χ1v) is 7.85. The fourth-order valence-corrected chi connectivity index (χ4v) is 3.99. The summed E-state index contributed by atoms with van der Waals surface area (Å²) in [6.45, 7) is 0.365. The van der Waals surface area contributed by atoms with Crippen molar-refractivity contribution >= 4 is 15.7 Å². The van der Waals surface area contributed by atoms with Gasteiger partial charge in [0.05, 0.1) is 4.92 Å². The van der Waals surface area contributed by atoms with Gasteiger partial charge in [-0.3, -0.25) is 10.1 Å². The summed E-state index contributed by atoms with van der Waals surface area (Å²) in [7, 11) is -4.10. The number of benzene rings is 1. The van der Waals surface area contributed by atoms with Gasteiger partial charge in [0, 0.05) is 31.8 Å². The van der Waals surface area contributed by atoms with Crippen molar-refractivity contribution in [3.8, 4) is 0 Å². The van der Waals surface area contributed by atoms with E-state index in [-0.39, 0.29) is 25.6 Å². The Morgan fingerprint density at radius 2 is 2.19 bits per heavy atom. The summed E-state index contributed by atoms with van der Waals surface area (Å²) in [6, 6.07) is 2.45. The first kappa shape index (κ1) is 15.8. The second-order valence-corrected chi connectivity index (χ2v) is 6.81. The molecule has 1 aliphatic heterocycles. The largest absolute Gasteiger partial charge is 0.396 e. The fourth-order valence-electron chi connectivity index (χ4n) is 2.38. The SMILES string of the molecule is O=[N+]([O-])c1ccc(F)c(S(=O)(=O)N2CCC(CCO)C2)c1. The zero-order chi connectivity index (χ0) is 15.6. The van der Waals surface area contributed by atoms with E-state index in [2.05, 4.69) is 0 Å². The van der Waals surface area contributed by atoms with Gasteiger partial charge in [-0.2, -0.15) is 4.31 Å². The van der Waals surface area contributed by atoms with Gasteiger partial charge in [-0.1, -0.05) is 0 Å². The number of nitro groups is 1. The van der Waals surface area contributed by atoms with Crippen molar-refractivity contribution in [2.24, 2.45) is 5.92 Å². The van der Waals surface area contributed by atoms with Crippen molar-refractivity contribution in [1.29, 1.82) is 0 Å². The number of hydrogen-bond donors (Lipinski definition) is 1. The molecular formula is C12H15FN2O5S. The first-order chi connectivity index (χ1) is 9.86. The van der Waals surface area contributed by atoms with E-state index in [0.717, 1.165) is 22.5 Å². The molecule has 1 heterocycles. The highest BCUT2D eigenvalue weighted by Gasteiger charge is 2.34. The predicted octanol–water partition coefficient (Wildman–Crippen LogP) is 1.13. The molecule has 1 unspecified atom stereocenters. The van der Waals surface area contributed by atoms with Crippen molar-refractivity contribution in [2.75, 3.05) is 19.7 Å². The van der Waals surface area contributed by atoms with Gasteiger partial charge in [0.25, 0.3) is 5.69 Å². The average molecular weight is 318 g/mol. The molecule has 1 aromatic carbocycles. The third kappa shape index (κ3) is 3.20. The highest BCUT2D eigenvalue weighted by atomic mass is 32.2. The van der Waals surface area contributed by atoms with Gasteiger partial charge in [0.15, 0.2) is 0 Å². The Morgan fingerprint density at radius 3 is 2.81 bits per heavy atom. The lowest BCUT2D eigenvalue weighted by Crippen LogP contribution is -2.29. The monoisotopic (exact) mass is 318 g/mol. The number of halogens is 1. The number of aliphatic hydroxyl groups excluding tert-OH is 1. The summed E-state index contributed by atoms with van der Waals surface area (Å²) >= 11 is 0. The van der Waals surface area contributed by atoms with Gasteiger partial charge in [-0.25, -0.2) is 12.8 Å². The molecule has 0 aliphatic carbocycles. The van der Waals surface area contributed by atoms with Crippen LogP contribution in [0, 0.1) is 21.8 Å². The summed E-state index contributed by atoms with van der Waals surface area (Å²) in [5.74, 6) is -0.988. The van der Waals surface area contributed by atoms with Gasteiger partial charge in [0.2, 0.25) is 10.0 Å². The van der Waals surface area contributed by atoms with Crippen molar-refractivity contribution in [2.45, 2.75) is 17.7 Å². The number of nitro benzene ring substituents is 1. The number of rotatable bonds is 5. The number of aliphatic hydroxyl groups is 1. The Balaban J connectivity index is 2.32. The van der Waals surface area contributed by atoms with Gasteiger partial charge < -0.3 is 5.11 Å². The highest BCUT2D eigenvalue weighted by Crippen LogP contribution is 2.29. The van der Waals surface area contributed by atoms with Crippen LogP contribution in [0.5, 0.6) is 0 Å². The van der Waals surface area contributed by atoms with E-state index in [1.54, 1.807) is 0 Å². The number of hydrogen-bond acceptors (Lipinski definition) is 5. The van der Waals surface area contributed by atoms with Crippen LogP contribution in [0.4, 0.5) is 10.1 Å². The van der Waals surface area contributed by atoms with Gasteiger partial charge in [-0.15, -0.1) is 0 Å². The molecule has 1 atom stereocenters. The zero-order valence-electron chi connectivity index (χ0n) is 11.1. The quantitative estimate of drug-likeness (QED) is 0.648. The van der Waals surface area contributed by atoms with Crippen LogP contribution in [-0.2, 0) is 10.0 Å². The molecule has 1 aliphatic rings. The van der Waals surface area contributed by atoms with E-state index in [9.17, 15) is 22.9 Å². The van der Waals surface area contributed by atoms with E-state index >= 15 is 0 Å². The van der Waals surface area contributed by atoms with Crippen LogP contribution in [0.3, 0.4) is 0 Å². The predicted molar refractivity (Wildman–Crippen MR) is 71.6 cm³/mol. The van der Waals surface area contributed by atoms with Crippen LogP contribution in [-0.4, -0.2) is 42.4 Å². The Hall–Kier alpha value is -1.58. The maximum absolute atomic E-state index is 13.8. The molecule has 0 amide bonds. The number of nitrogens with zero attached hydrogens (tertiary/aromatic N) is 2. The van der Waals surface area contributed by atoms with Crippen molar-refractivity contribution < 1.29 is 22.8 Å². The molecule has 1 saturated heterocycles. The standard InChI is InChI=1S/C12H15FN2O5S/c13-11-2-1-10(15(17)18)7-12(11)21(19,20)14-5-3-9(8-14)4-6-16/h1-2,7,9,16H,3-6,8H2.